The van der Waals surface area contributed by atoms with Crippen molar-refractivity contribution in [3.05, 3.63) is 83.7 Å². The Morgan fingerprint density at radius 2 is 1.86 bits per heavy atom. The number of aryl methyl sites for hydroxylation is 1. The molecule has 2 aliphatic rings. The highest BCUT2D eigenvalue weighted by atomic mass is 32.2. The lowest BCUT2D eigenvalue weighted by Gasteiger charge is -2.30. The molecule has 0 saturated carbocycles. The molecule has 36 heavy (non-hydrogen) atoms. The lowest BCUT2D eigenvalue weighted by Crippen LogP contribution is -2.43. The molecule has 3 heterocycles. The number of carbonyl (C=O) groups excluding carboxylic acids is 2. The summed E-state index contributed by atoms with van der Waals surface area (Å²) in [7, 11) is 1.95. The van der Waals surface area contributed by atoms with Crippen LogP contribution in [0, 0.1) is 5.82 Å². The van der Waals surface area contributed by atoms with Crippen molar-refractivity contribution < 1.29 is 23.5 Å². The summed E-state index contributed by atoms with van der Waals surface area (Å²) in [5, 5.41) is 4.75. The minimum atomic E-state index is -0.922. The second kappa shape index (κ2) is 8.91. The maximum atomic E-state index is 13.9. The quantitative estimate of drug-likeness (QED) is 0.443. The van der Waals surface area contributed by atoms with Gasteiger partial charge in [0.1, 0.15) is 11.9 Å². The first-order valence-electron chi connectivity index (χ1n) is 11.5. The highest BCUT2D eigenvalue weighted by molar-refractivity contribution is 8.00. The summed E-state index contributed by atoms with van der Waals surface area (Å²) in [6.45, 7) is 0.309. The van der Waals surface area contributed by atoms with E-state index in [0.29, 0.717) is 17.2 Å². The number of fused-ring (bicyclic) bond motifs is 4. The Balaban J connectivity index is 1.47. The van der Waals surface area contributed by atoms with E-state index in [9.17, 15) is 14.0 Å². The molecular formula is C27H22FN3O4S. The van der Waals surface area contributed by atoms with E-state index in [1.165, 1.54) is 23.9 Å². The Bertz CT molecular complexity index is 1500. The predicted molar refractivity (Wildman–Crippen MR) is 135 cm³/mol. The first kappa shape index (κ1) is 22.5. The van der Waals surface area contributed by atoms with E-state index < -0.39 is 6.04 Å². The molecule has 7 nitrogen and oxygen atoms in total. The van der Waals surface area contributed by atoms with Crippen LogP contribution in [0.25, 0.3) is 10.9 Å². The molecular weight excluding hydrogens is 481 g/mol. The number of amides is 2. The Labute approximate surface area is 210 Å². The zero-order valence-corrected chi connectivity index (χ0v) is 20.2. The number of ether oxygens (including phenoxy) is 2. The first-order chi connectivity index (χ1) is 17.5. The molecule has 0 spiro atoms. The number of benzene rings is 3. The fourth-order valence-corrected chi connectivity index (χ4v) is 5.84. The third kappa shape index (κ3) is 3.76. The van der Waals surface area contributed by atoms with Crippen molar-refractivity contribution in [3.63, 3.8) is 0 Å². The molecule has 1 aromatic heterocycles. The normalized spacial score (nSPS) is 16.7. The number of nitrogens with zero attached hydrogens (tertiary/aromatic N) is 2. The molecule has 0 bridgehead atoms. The van der Waals surface area contributed by atoms with E-state index in [0.717, 1.165) is 27.1 Å². The molecule has 1 N–H and O–H groups in total. The molecule has 0 aliphatic carbocycles. The van der Waals surface area contributed by atoms with Crippen molar-refractivity contribution in [3.8, 4) is 11.5 Å². The molecule has 6 rings (SSSR count). The summed E-state index contributed by atoms with van der Waals surface area (Å²) in [6, 6.07) is 18.2. The fraction of sp³-hybridized carbons (Fsp3) is 0.185. The Hall–Kier alpha value is -3.98. The van der Waals surface area contributed by atoms with Gasteiger partial charge in [-0.15, -0.1) is 0 Å². The lowest BCUT2D eigenvalue weighted by atomic mass is 10.0. The topological polar surface area (TPSA) is 72.8 Å². The number of aromatic nitrogens is 1. The van der Waals surface area contributed by atoms with Gasteiger partial charge in [0.05, 0.1) is 10.8 Å². The van der Waals surface area contributed by atoms with Gasteiger partial charge in [0.2, 0.25) is 18.6 Å². The van der Waals surface area contributed by atoms with Gasteiger partial charge in [0.15, 0.2) is 11.5 Å². The van der Waals surface area contributed by atoms with Crippen molar-refractivity contribution in [1.29, 1.82) is 0 Å². The SMILES string of the molecule is Cn1c2c(c3ccccc31)[C@@H](C(=O)NCc1ccc(F)cc1)N(c1ccc3c(c1)OCO3)C(=O)CS2. The Kier molecular flexibility index (Phi) is 5.56. The molecule has 9 heteroatoms. The maximum Gasteiger partial charge on any atom is 0.248 e. The molecule has 0 radical (unpaired) electrons. The largest absolute Gasteiger partial charge is 0.454 e. The first-order valence-corrected chi connectivity index (χ1v) is 12.4. The van der Waals surface area contributed by atoms with Crippen LogP contribution >= 0.6 is 11.8 Å². The second-order valence-corrected chi connectivity index (χ2v) is 9.60. The summed E-state index contributed by atoms with van der Waals surface area (Å²) in [4.78, 5) is 29.0. The number of anilines is 1. The van der Waals surface area contributed by atoms with Crippen LogP contribution < -0.4 is 19.7 Å². The zero-order valence-electron chi connectivity index (χ0n) is 19.4. The van der Waals surface area contributed by atoms with Crippen molar-refractivity contribution in [2.75, 3.05) is 17.4 Å². The van der Waals surface area contributed by atoms with Crippen LogP contribution in [-0.2, 0) is 23.2 Å². The van der Waals surface area contributed by atoms with Gasteiger partial charge >= 0.3 is 0 Å². The fourth-order valence-electron chi connectivity index (χ4n) is 4.78. The van der Waals surface area contributed by atoms with E-state index >= 15 is 0 Å². The van der Waals surface area contributed by atoms with Crippen LogP contribution in [0.3, 0.4) is 0 Å². The molecule has 1 atom stereocenters. The van der Waals surface area contributed by atoms with Gasteiger partial charge in [-0.1, -0.05) is 42.1 Å². The minimum Gasteiger partial charge on any atom is -0.454 e. The molecule has 0 saturated heterocycles. The molecule has 0 unspecified atom stereocenters. The van der Waals surface area contributed by atoms with E-state index in [2.05, 4.69) is 5.32 Å². The van der Waals surface area contributed by atoms with Gasteiger partial charge in [0.25, 0.3) is 0 Å². The number of halogens is 1. The highest BCUT2D eigenvalue weighted by Crippen LogP contribution is 2.45. The van der Waals surface area contributed by atoms with E-state index in [-0.39, 0.29) is 36.7 Å². The monoisotopic (exact) mass is 503 g/mol. The Morgan fingerprint density at radius 1 is 1.08 bits per heavy atom. The lowest BCUT2D eigenvalue weighted by molar-refractivity contribution is -0.125. The number of thioether (sulfide) groups is 1. The van der Waals surface area contributed by atoms with E-state index in [1.54, 1.807) is 35.2 Å². The molecule has 182 valence electrons. The smallest absolute Gasteiger partial charge is 0.248 e. The number of rotatable bonds is 4. The number of carbonyl (C=O) groups is 2. The maximum absolute atomic E-state index is 13.9. The predicted octanol–water partition coefficient (Wildman–Crippen LogP) is 4.54. The number of nitrogens with one attached hydrogen (secondary N) is 1. The van der Waals surface area contributed by atoms with Crippen molar-refractivity contribution in [2.24, 2.45) is 7.05 Å². The van der Waals surface area contributed by atoms with Crippen molar-refractivity contribution in [2.45, 2.75) is 17.6 Å². The average molecular weight is 504 g/mol. The standard InChI is InChI=1S/C27H22FN3O4S/c1-30-20-5-3-2-4-19(20)24-25(26(33)29-13-16-6-8-17(28)9-7-16)31(23(32)14-36-27(24)30)18-10-11-21-22(12-18)35-15-34-21/h2-12,25H,13-15H2,1H3,(H,29,33)/t25-/m0/s1. The summed E-state index contributed by atoms with van der Waals surface area (Å²) < 4.78 is 26.4. The Morgan fingerprint density at radius 3 is 2.69 bits per heavy atom. The summed E-state index contributed by atoms with van der Waals surface area (Å²) in [5.74, 6) is 0.435. The van der Waals surface area contributed by atoms with Gasteiger partial charge in [-0.25, -0.2) is 4.39 Å². The summed E-state index contributed by atoms with van der Waals surface area (Å²) in [5.41, 5.74) is 3.06. The molecule has 0 fully saturated rings. The van der Waals surface area contributed by atoms with Gasteiger partial charge < -0.3 is 19.4 Å². The average Bonchev–Trinajstić information content (AvgIpc) is 3.42. The number of para-hydroxylation sites is 1. The number of hydrogen-bond donors (Lipinski definition) is 1. The summed E-state index contributed by atoms with van der Waals surface area (Å²) >= 11 is 1.43. The summed E-state index contributed by atoms with van der Waals surface area (Å²) in [6.07, 6.45) is 0. The third-order valence-electron chi connectivity index (χ3n) is 6.49. The van der Waals surface area contributed by atoms with Gasteiger partial charge in [0, 0.05) is 41.8 Å². The molecule has 2 amide bonds. The third-order valence-corrected chi connectivity index (χ3v) is 7.64. The van der Waals surface area contributed by atoms with Crippen LogP contribution in [0.1, 0.15) is 17.2 Å². The van der Waals surface area contributed by atoms with E-state index in [4.69, 9.17) is 9.47 Å². The van der Waals surface area contributed by atoms with Crippen LogP contribution in [0.15, 0.2) is 71.8 Å². The van der Waals surface area contributed by atoms with Gasteiger partial charge in [-0.05, 0) is 35.9 Å². The molecule has 2 aliphatic heterocycles. The highest BCUT2D eigenvalue weighted by Gasteiger charge is 2.40. The van der Waals surface area contributed by atoms with E-state index in [1.807, 2.05) is 35.9 Å². The van der Waals surface area contributed by atoms with Crippen LogP contribution in [0.2, 0.25) is 0 Å². The van der Waals surface area contributed by atoms with Crippen LogP contribution in [0.5, 0.6) is 11.5 Å². The zero-order chi connectivity index (χ0) is 24.8. The van der Waals surface area contributed by atoms with Crippen LogP contribution in [0.4, 0.5) is 10.1 Å². The van der Waals surface area contributed by atoms with Crippen molar-refractivity contribution >= 4 is 40.2 Å². The van der Waals surface area contributed by atoms with Crippen molar-refractivity contribution in [1.82, 2.24) is 9.88 Å². The van der Waals surface area contributed by atoms with Crippen LogP contribution in [-0.4, -0.2) is 28.9 Å². The molecule has 4 aromatic rings. The minimum absolute atomic E-state index is 0.109. The second-order valence-electron chi connectivity index (χ2n) is 8.63. The molecule has 3 aromatic carbocycles. The van der Waals surface area contributed by atoms with Gasteiger partial charge in [-0.2, -0.15) is 0 Å². The van der Waals surface area contributed by atoms with Gasteiger partial charge in [-0.3, -0.25) is 14.5 Å². The number of hydrogen-bond acceptors (Lipinski definition) is 5.